The monoisotopic (exact) mass is 215 g/mol. The first-order valence-corrected chi connectivity index (χ1v) is 4.40. The number of aldehydes is 1. The normalized spacial score (nSPS) is 10.6. The molecule has 0 aliphatic carbocycles. The van der Waals surface area contributed by atoms with Crippen molar-refractivity contribution < 1.29 is 4.79 Å². The van der Waals surface area contributed by atoms with Crippen molar-refractivity contribution in [2.24, 2.45) is 0 Å². The van der Waals surface area contributed by atoms with Crippen LogP contribution >= 0.6 is 23.2 Å². The first-order valence-electron chi connectivity index (χ1n) is 3.65. The average Bonchev–Trinajstić information content (AvgIpc) is 2.10. The molecule has 0 spiro atoms. The summed E-state index contributed by atoms with van der Waals surface area (Å²) in [7, 11) is 0. The van der Waals surface area contributed by atoms with Gasteiger partial charge in [0.05, 0.1) is 10.0 Å². The predicted octanol–water partition coefficient (Wildman–Crippen LogP) is 2.99. The molecule has 0 fully saturated rings. The van der Waals surface area contributed by atoms with Gasteiger partial charge in [0.15, 0.2) is 0 Å². The van der Waals surface area contributed by atoms with Crippen molar-refractivity contribution in [3.63, 3.8) is 0 Å². The van der Waals surface area contributed by atoms with E-state index in [0.29, 0.717) is 22.0 Å². The molecule has 0 aliphatic heterocycles. The van der Waals surface area contributed by atoms with E-state index in [9.17, 15) is 4.79 Å². The van der Waals surface area contributed by atoms with Crippen molar-refractivity contribution in [3.05, 3.63) is 34.1 Å². The zero-order chi connectivity index (χ0) is 9.68. The lowest BCUT2D eigenvalue weighted by Crippen LogP contribution is -1.80. The standard InChI is InChI=1S/C9H7Cl2NO/c10-8-5-12-6-9(11)7(8)3-1-2-4-13/h1,3-6H,2H2. The van der Waals surface area contributed by atoms with Gasteiger partial charge in [0.2, 0.25) is 0 Å². The van der Waals surface area contributed by atoms with Crippen LogP contribution in [0.15, 0.2) is 18.5 Å². The number of halogens is 2. The van der Waals surface area contributed by atoms with E-state index in [4.69, 9.17) is 23.2 Å². The molecule has 1 rings (SSSR count). The molecule has 0 bridgehead atoms. The van der Waals surface area contributed by atoms with Gasteiger partial charge in [-0.2, -0.15) is 0 Å². The smallest absolute Gasteiger partial charge is 0.123 e. The fourth-order valence-electron chi connectivity index (χ4n) is 0.822. The molecule has 0 unspecified atom stereocenters. The van der Waals surface area contributed by atoms with Gasteiger partial charge in [-0.05, 0) is 0 Å². The summed E-state index contributed by atoms with van der Waals surface area (Å²) in [6, 6.07) is 0. The minimum Gasteiger partial charge on any atom is -0.303 e. The van der Waals surface area contributed by atoms with E-state index in [-0.39, 0.29) is 0 Å². The van der Waals surface area contributed by atoms with Crippen molar-refractivity contribution in [2.45, 2.75) is 6.42 Å². The molecule has 13 heavy (non-hydrogen) atoms. The summed E-state index contributed by atoms with van der Waals surface area (Å²) in [5.41, 5.74) is 0.695. The molecule has 68 valence electrons. The van der Waals surface area contributed by atoms with Crippen LogP contribution in [0.3, 0.4) is 0 Å². The third-order valence-electron chi connectivity index (χ3n) is 1.41. The number of rotatable bonds is 3. The van der Waals surface area contributed by atoms with Crippen LogP contribution in [0.2, 0.25) is 10.0 Å². The van der Waals surface area contributed by atoms with Gasteiger partial charge in [-0.1, -0.05) is 35.4 Å². The van der Waals surface area contributed by atoms with E-state index >= 15 is 0 Å². The van der Waals surface area contributed by atoms with Gasteiger partial charge in [-0.3, -0.25) is 4.98 Å². The maximum absolute atomic E-state index is 10.0. The Labute approximate surface area is 86.2 Å². The average molecular weight is 216 g/mol. The number of aromatic nitrogens is 1. The molecular weight excluding hydrogens is 209 g/mol. The first kappa shape index (κ1) is 10.2. The molecule has 1 aromatic rings. The van der Waals surface area contributed by atoms with Gasteiger partial charge in [-0.25, -0.2) is 0 Å². The minimum atomic E-state index is 0.356. The Morgan fingerprint density at radius 1 is 1.31 bits per heavy atom. The number of hydrogen-bond acceptors (Lipinski definition) is 2. The Morgan fingerprint density at radius 3 is 2.46 bits per heavy atom. The topological polar surface area (TPSA) is 30.0 Å². The highest BCUT2D eigenvalue weighted by molar-refractivity contribution is 6.36. The van der Waals surface area contributed by atoms with E-state index in [0.717, 1.165) is 6.29 Å². The number of nitrogens with zero attached hydrogens (tertiary/aromatic N) is 1. The maximum atomic E-state index is 10.0. The summed E-state index contributed by atoms with van der Waals surface area (Å²) < 4.78 is 0. The van der Waals surface area contributed by atoms with Crippen LogP contribution < -0.4 is 0 Å². The zero-order valence-corrected chi connectivity index (χ0v) is 8.22. The van der Waals surface area contributed by atoms with Gasteiger partial charge in [0.1, 0.15) is 6.29 Å². The van der Waals surface area contributed by atoms with Gasteiger partial charge in [0.25, 0.3) is 0 Å². The van der Waals surface area contributed by atoms with Crippen molar-refractivity contribution >= 4 is 35.6 Å². The van der Waals surface area contributed by atoms with Crippen LogP contribution in [0, 0.1) is 0 Å². The third-order valence-corrected chi connectivity index (χ3v) is 2.01. The molecule has 0 amide bonds. The summed E-state index contributed by atoms with van der Waals surface area (Å²) in [5, 5.41) is 0.962. The van der Waals surface area contributed by atoms with Crippen molar-refractivity contribution in [1.82, 2.24) is 4.98 Å². The lowest BCUT2D eigenvalue weighted by molar-refractivity contribution is -0.107. The molecule has 0 N–H and O–H groups in total. The largest absolute Gasteiger partial charge is 0.303 e. The van der Waals surface area contributed by atoms with Crippen molar-refractivity contribution in [3.8, 4) is 0 Å². The minimum absolute atomic E-state index is 0.356. The Morgan fingerprint density at radius 2 is 1.92 bits per heavy atom. The van der Waals surface area contributed by atoms with Crippen molar-refractivity contribution in [2.75, 3.05) is 0 Å². The second-order valence-electron chi connectivity index (χ2n) is 2.32. The highest BCUT2D eigenvalue weighted by atomic mass is 35.5. The molecule has 0 saturated carbocycles. The van der Waals surface area contributed by atoms with E-state index in [2.05, 4.69) is 4.98 Å². The van der Waals surface area contributed by atoms with Crippen LogP contribution in [-0.2, 0) is 4.79 Å². The molecular formula is C9H7Cl2NO. The summed E-state index contributed by atoms with van der Waals surface area (Å²) in [6.45, 7) is 0. The van der Waals surface area contributed by atoms with Crippen LogP contribution in [-0.4, -0.2) is 11.3 Å². The second kappa shape index (κ2) is 5.00. The molecule has 0 saturated heterocycles. The van der Waals surface area contributed by atoms with Crippen LogP contribution in [0.1, 0.15) is 12.0 Å². The number of carbonyl (C=O) groups excluding carboxylic acids is 1. The molecule has 2 nitrogen and oxygen atoms in total. The lowest BCUT2D eigenvalue weighted by Gasteiger charge is -1.98. The molecule has 0 aliphatic rings. The molecule has 1 heterocycles. The summed E-state index contributed by atoms with van der Waals surface area (Å²) in [4.78, 5) is 13.8. The van der Waals surface area contributed by atoms with E-state index in [1.165, 1.54) is 12.4 Å². The first-order chi connectivity index (χ1) is 6.25. The molecule has 1 aromatic heterocycles. The maximum Gasteiger partial charge on any atom is 0.123 e. The molecule has 4 heteroatoms. The second-order valence-corrected chi connectivity index (χ2v) is 3.14. The van der Waals surface area contributed by atoms with E-state index in [1.54, 1.807) is 12.2 Å². The van der Waals surface area contributed by atoms with Gasteiger partial charge >= 0.3 is 0 Å². The molecule has 0 aromatic carbocycles. The number of hydrogen-bond donors (Lipinski definition) is 0. The van der Waals surface area contributed by atoms with Gasteiger partial charge < -0.3 is 4.79 Å². The Balaban J connectivity index is 2.92. The summed E-state index contributed by atoms with van der Waals surface area (Å²) >= 11 is 11.6. The SMILES string of the molecule is O=CCC=Cc1c(Cl)cncc1Cl. The number of carbonyl (C=O) groups is 1. The van der Waals surface area contributed by atoms with Crippen molar-refractivity contribution in [1.29, 1.82) is 0 Å². The fourth-order valence-corrected chi connectivity index (χ4v) is 1.31. The quantitative estimate of drug-likeness (QED) is 0.727. The third kappa shape index (κ3) is 2.83. The van der Waals surface area contributed by atoms with Gasteiger partial charge in [0, 0.05) is 24.4 Å². The Hall–Kier alpha value is -0.860. The number of allylic oxidation sites excluding steroid dienone is 1. The van der Waals surface area contributed by atoms with Crippen LogP contribution in [0.25, 0.3) is 6.08 Å². The van der Waals surface area contributed by atoms with Crippen LogP contribution in [0.4, 0.5) is 0 Å². The highest BCUT2D eigenvalue weighted by Crippen LogP contribution is 2.23. The summed E-state index contributed by atoms with van der Waals surface area (Å²) in [5.74, 6) is 0. The molecule has 0 atom stereocenters. The molecule has 0 radical (unpaired) electrons. The number of pyridine rings is 1. The van der Waals surface area contributed by atoms with Gasteiger partial charge in [-0.15, -0.1) is 0 Å². The predicted molar refractivity (Wildman–Crippen MR) is 54.0 cm³/mol. The van der Waals surface area contributed by atoms with E-state index < -0.39 is 0 Å². The highest BCUT2D eigenvalue weighted by Gasteiger charge is 2.00. The summed E-state index contributed by atoms with van der Waals surface area (Å²) in [6.07, 6.45) is 7.58. The Kier molecular flexibility index (Phi) is 3.93. The zero-order valence-electron chi connectivity index (χ0n) is 6.71. The van der Waals surface area contributed by atoms with E-state index in [1.807, 2.05) is 0 Å². The fraction of sp³-hybridized carbons (Fsp3) is 0.111. The lowest BCUT2D eigenvalue weighted by atomic mass is 10.2. The Bertz CT molecular complexity index is 316. The van der Waals surface area contributed by atoms with Crippen LogP contribution in [0.5, 0.6) is 0 Å².